The predicted molar refractivity (Wildman–Crippen MR) is 599 cm³/mol. The van der Waals surface area contributed by atoms with E-state index in [1.54, 1.807) is 0 Å². The summed E-state index contributed by atoms with van der Waals surface area (Å²) >= 11 is 0. The van der Waals surface area contributed by atoms with Gasteiger partial charge in [-0.15, -0.1) is 0 Å². The highest BCUT2D eigenvalue weighted by atomic mass is 32.4. The highest BCUT2D eigenvalue weighted by molar-refractivity contribution is 8.42. The molecule has 0 aliphatic heterocycles. The SMILES string of the molecule is CC.CCC/C=C\CC(/C=C/C=C\C=C\C=C\C(OP(P)P)C(OPP)c1ccccc1)OP.CCCCC(/C=C/C=C/C/C=C\C/C=C\C=C\C(CC)OP(P)P)OP.CCCCC(/C=C/C=C/C=C/C(C/C=C\C=C\C(CC)OP(P)P)OPP)OP.CCCCC(OP)C(/C=C/C=C/C=C\C/C=C\C=C\C(CC)OP(P)P)OPP. The molecular formula is C85H154O11P22. The van der Waals surface area contributed by atoms with Crippen molar-refractivity contribution in [2.45, 2.75) is 251 Å². The van der Waals surface area contributed by atoms with Crippen LogP contribution < -0.4 is 0 Å². The van der Waals surface area contributed by atoms with Gasteiger partial charge in [0, 0.05) is 63.4 Å². The molecule has 33 heteroatoms. The lowest BCUT2D eigenvalue weighted by Crippen LogP contribution is -2.25. The summed E-state index contributed by atoms with van der Waals surface area (Å²) < 4.78 is 62.7. The van der Waals surface area contributed by atoms with E-state index in [0.29, 0.717) is 25.5 Å². The van der Waals surface area contributed by atoms with E-state index < -0.39 is 30.1 Å². The highest BCUT2D eigenvalue weighted by Crippen LogP contribution is 2.57. The zero-order chi connectivity index (χ0) is 88.4. The van der Waals surface area contributed by atoms with Crippen LogP contribution in [0.5, 0.6) is 0 Å². The quantitative estimate of drug-likeness (QED) is 0.0354. The van der Waals surface area contributed by atoms with Gasteiger partial charge in [0.1, 0.15) is 18.3 Å². The molecular weight excluding hydrogens is 1880 g/mol. The molecule has 0 aliphatic rings. The zero-order valence-corrected chi connectivity index (χ0v) is 95.6. The average Bonchev–Trinajstić information content (AvgIpc) is 0.857. The van der Waals surface area contributed by atoms with Crippen LogP contribution >= 0.6 is 192 Å². The minimum atomic E-state index is -0.688. The molecule has 11 nitrogen and oxygen atoms in total. The van der Waals surface area contributed by atoms with E-state index in [1.807, 2.05) is 117 Å². The summed E-state index contributed by atoms with van der Waals surface area (Å²) in [6, 6.07) is 10.2. The largest absolute Gasteiger partial charge is 0.359 e. The minimum Gasteiger partial charge on any atom is -0.359 e. The normalized spacial score (nSPS) is 16.1. The summed E-state index contributed by atoms with van der Waals surface area (Å²) in [4.78, 5) is 0. The Labute approximate surface area is 765 Å². The number of hydrogen-bond acceptors (Lipinski definition) is 11. The first-order chi connectivity index (χ1) is 57.4. The Balaban J connectivity index is -0.000000731. The summed E-state index contributed by atoms with van der Waals surface area (Å²) in [5, 5.41) is 0. The molecule has 670 valence electrons. The van der Waals surface area contributed by atoms with Gasteiger partial charge in [0.2, 0.25) is 0 Å². The molecule has 0 saturated heterocycles. The van der Waals surface area contributed by atoms with Crippen LogP contribution in [0.1, 0.15) is 196 Å². The number of rotatable bonds is 65. The lowest BCUT2D eigenvalue weighted by molar-refractivity contribution is 0.104. The monoisotopic (exact) mass is 2030 g/mol. The van der Waals surface area contributed by atoms with Crippen molar-refractivity contribution < 1.29 is 49.8 Å². The van der Waals surface area contributed by atoms with E-state index in [0.717, 1.165) is 95.5 Å². The van der Waals surface area contributed by atoms with E-state index in [1.165, 1.54) is 32.1 Å². The average molecular weight is 2030 g/mol. The molecule has 0 aliphatic carbocycles. The molecule has 0 aromatic heterocycles. The van der Waals surface area contributed by atoms with Gasteiger partial charge < -0.3 is 49.8 Å². The molecule has 1 aromatic rings. The maximum absolute atomic E-state index is 6.14. The second kappa shape index (κ2) is 102. The van der Waals surface area contributed by atoms with E-state index in [-0.39, 0.29) is 67.1 Å². The van der Waals surface area contributed by atoms with Crippen LogP contribution in [-0.2, 0) is 49.8 Å². The number of hydrogen-bond donors (Lipinski definition) is 0. The Morgan fingerprint density at radius 1 is 0.314 bits per heavy atom. The van der Waals surface area contributed by atoms with Crippen molar-refractivity contribution >= 4 is 192 Å². The van der Waals surface area contributed by atoms with Gasteiger partial charge in [-0.25, -0.2) is 0 Å². The third kappa shape index (κ3) is 88.3. The fourth-order valence-electron chi connectivity index (χ4n) is 9.31. The van der Waals surface area contributed by atoms with Crippen LogP contribution in [0.2, 0.25) is 0 Å². The Bertz CT molecular complexity index is 3010. The van der Waals surface area contributed by atoms with E-state index in [4.69, 9.17) is 49.8 Å². The molecule has 0 heterocycles. The van der Waals surface area contributed by atoms with Crippen molar-refractivity contribution in [2.75, 3.05) is 0 Å². The highest BCUT2D eigenvalue weighted by Gasteiger charge is 2.24. The number of benzene rings is 1. The van der Waals surface area contributed by atoms with Gasteiger partial charge in [0.15, 0.2) is 0 Å². The van der Waals surface area contributed by atoms with Crippen LogP contribution in [0.25, 0.3) is 0 Å². The summed E-state index contributed by atoms with van der Waals surface area (Å²) in [5.74, 6) is 0. The van der Waals surface area contributed by atoms with E-state index >= 15 is 0 Å². The zero-order valence-electron chi connectivity index (χ0n) is 71.7. The molecule has 118 heavy (non-hydrogen) atoms. The molecule has 0 spiro atoms. The van der Waals surface area contributed by atoms with Gasteiger partial charge in [-0.05, 0) is 82.6 Å². The van der Waals surface area contributed by atoms with Crippen molar-refractivity contribution in [2.24, 2.45) is 0 Å². The van der Waals surface area contributed by atoms with Gasteiger partial charge >= 0.3 is 0 Å². The smallest absolute Gasteiger partial charge is 0.117 e. The summed E-state index contributed by atoms with van der Waals surface area (Å²) in [5.41, 5.74) is 1.10. The molecule has 1 rings (SSSR count). The summed E-state index contributed by atoms with van der Waals surface area (Å²) in [7, 11) is 37.9. The first-order valence-corrected chi connectivity index (χ1v) is 68.4. The third-order valence-electron chi connectivity index (χ3n) is 15.4. The van der Waals surface area contributed by atoms with E-state index in [9.17, 15) is 0 Å². The maximum Gasteiger partial charge on any atom is 0.117 e. The lowest BCUT2D eigenvalue weighted by Gasteiger charge is -2.26. The van der Waals surface area contributed by atoms with Crippen molar-refractivity contribution in [1.82, 2.24) is 0 Å². The van der Waals surface area contributed by atoms with Crippen molar-refractivity contribution in [3.63, 3.8) is 0 Å². The molecule has 1 aromatic carbocycles. The molecule has 0 fully saturated rings. The maximum atomic E-state index is 6.14. The van der Waals surface area contributed by atoms with Crippen LogP contribution in [0.3, 0.4) is 0 Å². The Kier molecular flexibility index (Phi) is 110. The standard InChI is InChI=1S/C23H36O3P6.2C20H38O3P6.C20H36O2P4.C2H6/c1-2-3-4-12-17-21(24-27)18-13-7-5-6-8-14-19-22(26-32(29)30)23(25-31-28)20-15-10-9-11-16-20;1-3-5-13-19(21-24)15-9-6-7-10-16-20(22-28-25)17-12-8-11-14-18(4-2)23-29(26)27;1-3-5-16-19(21-24)20(22-28-25)17-14-12-10-8-6-7-9-11-13-15-18(4-2)23-29(26)27;1-3-5-16-20(21-23)18-15-13-11-9-7-6-8-10-12-14-17-19(4-2)22-26(24)25;1-2/h4-16,18-19,21-23,31H,2-3,17,27-30H2,1H3;6-12,14-16,18-20,28H,3-5,13,17,24-27H2,1-2H3;6,8-15,17-20,28H,3-5,7,16,24-27H2,1-2H3;6-7,10-15,17-20H,3-5,8-9,16,23-25H2,1-2H3;1-2H3/b7-5-,8-6+,12-4-,18-13+,19-14+;7-6+,12-8-,14-11+,15-9+,16-10+;8-6-,11-9-,12-10+,15-13+,17-14+;7-6-,12-10-,13-11+,17-14+,18-15+;. The molecule has 0 bridgehead atoms. The molecule has 0 saturated carbocycles. The second-order valence-corrected chi connectivity index (χ2v) is 52.6. The number of unbranched alkanes of at least 4 members (excludes halogenated alkanes) is 4. The first-order valence-electron chi connectivity index (χ1n) is 40.4. The van der Waals surface area contributed by atoms with Gasteiger partial charge in [-0.3, -0.25) is 0 Å². The second-order valence-electron chi connectivity index (χ2n) is 24.9. The third-order valence-corrected chi connectivity index (χ3v) is 24.2. The summed E-state index contributed by atoms with van der Waals surface area (Å²) in [6.45, 7) is 19.1. The Morgan fingerprint density at radius 2 is 0.653 bits per heavy atom. The van der Waals surface area contributed by atoms with Crippen LogP contribution in [0, 0.1) is 0 Å². The lowest BCUT2D eigenvalue weighted by atomic mass is 10.0. The minimum absolute atomic E-state index is 0.0247. The topological polar surface area (TPSA) is 102 Å². The van der Waals surface area contributed by atoms with Crippen molar-refractivity contribution in [3.05, 3.63) is 279 Å². The van der Waals surface area contributed by atoms with Gasteiger partial charge in [0.25, 0.3) is 0 Å². The fraction of sp³-hybridized carbons (Fsp3) is 0.459. The van der Waals surface area contributed by atoms with Crippen LogP contribution in [-0.4, -0.2) is 61.0 Å². The first kappa shape index (κ1) is 127. The number of allylic oxidation sites excluding steroid dienone is 29. The predicted octanol–water partition coefficient (Wildman–Crippen LogP) is 33.5. The molecule has 0 amide bonds. The Morgan fingerprint density at radius 3 is 1.04 bits per heavy atom. The van der Waals surface area contributed by atoms with Crippen molar-refractivity contribution in [1.29, 1.82) is 0 Å². The van der Waals surface area contributed by atoms with Crippen molar-refractivity contribution in [3.8, 4) is 0 Å². The van der Waals surface area contributed by atoms with E-state index in [2.05, 4.69) is 355 Å². The molecule has 29 unspecified atom stereocenters. The van der Waals surface area contributed by atoms with Gasteiger partial charge in [0.05, 0.1) is 78.9 Å². The van der Waals surface area contributed by atoms with Gasteiger partial charge in [-0.1, -0.05) is 479 Å². The molecule has 29 atom stereocenters. The molecule has 0 N–H and O–H groups in total. The van der Waals surface area contributed by atoms with Gasteiger partial charge in [-0.2, -0.15) is 0 Å². The van der Waals surface area contributed by atoms with Crippen LogP contribution in [0.4, 0.5) is 0 Å². The molecule has 0 radical (unpaired) electrons. The van der Waals surface area contributed by atoms with Crippen LogP contribution in [0.15, 0.2) is 273 Å². The Hall–Kier alpha value is 3.04. The fourth-order valence-corrected chi connectivity index (χ4v) is 18.6. The summed E-state index contributed by atoms with van der Waals surface area (Å²) in [6.07, 6.45) is 104.